The molecule has 0 aliphatic rings. The highest BCUT2D eigenvalue weighted by molar-refractivity contribution is 5.75. The zero-order valence-corrected chi connectivity index (χ0v) is 10.1. The number of carbonyl (C=O) groups is 1. The first-order valence-corrected chi connectivity index (χ1v) is 5.99. The predicted molar refractivity (Wildman–Crippen MR) is 62.0 cm³/mol. The molecule has 0 saturated carbocycles. The SMILES string of the molecule is NCCCCCCNC(=O)CCOCC(F)F. The van der Waals surface area contributed by atoms with Gasteiger partial charge < -0.3 is 15.8 Å². The fourth-order valence-electron chi connectivity index (χ4n) is 1.28. The first-order valence-electron chi connectivity index (χ1n) is 5.99. The van der Waals surface area contributed by atoms with Crippen LogP contribution in [-0.2, 0) is 9.53 Å². The van der Waals surface area contributed by atoms with Gasteiger partial charge in [0.05, 0.1) is 6.61 Å². The molecule has 0 spiro atoms. The van der Waals surface area contributed by atoms with Crippen LogP contribution in [0.4, 0.5) is 8.78 Å². The Balaban J connectivity index is 3.18. The molecular formula is C11H22F2N2O2. The second-order valence-corrected chi connectivity index (χ2v) is 3.77. The summed E-state index contributed by atoms with van der Waals surface area (Å²) < 4.78 is 28.0. The lowest BCUT2D eigenvalue weighted by Crippen LogP contribution is -2.25. The van der Waals surface area contributed by atoms with E-state index in [0.717, 1.165) is 25.7 Å². The van der Waals surface area contributed by atoms with Crippen LogP contribution in [0.5, 0.6) is 0 Å². The number of unbranched alkanes of at least 4 members (excludes halogenated alkanes) is 3. The van der Waals surface area contributed by atoms with Gasteiger partial charge in [-0.25, -0.2) is 8.78 Å². The number of nitrogens with two attached hydrogens (primary N) is 1. The van der Waals surface area contributed by atoms with Crippen LogP contribution in [0.25, 0.3) is 0 Å². The van der Waals surface area contributed by atoms with E-state index in [2.05, 4.69) is 10.1 Å². The van der Waals surface area contributed by atoms with Crippen LogP contribution in [-0.4, -0.2) is 38.6 Å². The van der Waals surface area contributed by atoms with Crippen molar-refractivity contribution >= 4 is 5.91 Å². The summed E-state index contributed by atoms with van der Waals surface area (Å²) in [5, 5.41) is 2.71. The third kappa shape index (κ3) is 13.2. The van der Waals surface area contributed by atoms with Gasteiger partial charge in [-0.2, -0.15) is 0 Å². The summed E-state index contributed by atoms with van der Waals surface area (Å²) in [6, 6.07) is 0. The fourth-order valence-corrected chi connectivity index (χ4v) is 1.28. The number of hydrogen-bond acceptors (Lipinski definition) is 3. The number of rotatable bonds is 11. The van der Waals surface area contributed by atoms with E-state index in [0.29, 0.717) is 13.1 Å². The number of nitrogens with one attached hydrogen (secondary N) is 1. The van der Waals surface area contributed by atoms with Gasteiger partial charge in [0.2, 0.25) is 5.91 Å². The molecule has 0 aromatic heterocycles. The normalized spacial score (nSPS) is 10.8. The van der Waals surface area contributed by atoms with Gasteiger partial charge in [0.25, 0.3) is 6.43 Å². The van der Waals surface area contributed by atoms with Crippen LogP contribution < -0.4 is 11.1 Å². The molecule has 0 atom stereocenters. The Morgan fingerprint density at radius 1 is 1.24 bits per heavy atom. The molecule has 17 heavy (non-hydrogen) atoms. The Hall–Kier alpha value is -0.750. The Kier molecular flexibility index (Phi) is 11.2. The van der Waals surface area contributed by atoms with E-state index >= 15 is 0 Å². The van der Waals surface area contributed by atoms with Gasteiger partial charge in [-0.3, -0.25) is 4.79 Å². The van der Waals surface area contributed by atoms with Crippen LogP contribution in [0, 0.1) is 0 Å². The first kappa shape index (κ1) is 16.2. The molecule has 0 bridgehead atoms. The minimum Gasteiger partial charge on any atom is -0.375 e. The Bertz CT molecular complexity index is 192. The highest BCUT2D eigenvalue weighted by Gasteiger charge is 2.04. The second-order valence-electron chi connectivity index (χ2n) is 3.77. The summed E-state index contributed by atoms with van der Waals surface area (Å²) in [6.45, 7) is 0.766. The number of halogens is 2. The number of hydrogen-bond donors (Lipinski definition) is 2. The van der Waals surface area contributed by atoms with Gasteiger partial charge in [0.15, 0.2) is 0 Å². The van der Waals surface area contributed by atoms with Gasteiger partial charge in [-0.05, 0) is 19.4 Å². The molecule has 6 heteroatoms. The molecule has 0 aliphatic heterocycles. The molecule has 0 saturated heterocycles. The van der Waals surface area contributed by atoms with Crippen molar-refractivity contribution < 1.29 is 18.3 Å². The molecule has 0 aromatic rings. The summed E-state index contributed by atoms with van der Waals surface area (Å²) in [5.74, 6) is -0.155. The van der Waals surface area contributed by atoms with E-state index in [4.69, 9.17) is 5.73 Å². The Labute approximate surface area is 101 Å². The van der Waals surface area contributed by atoms with Gasteiger partial charge in [-0.15, -0.1) is 0 Å². The lowest BCUT2D eigenvalue weighted by atomic mass is 10.2. The van der Waals surface area contributed by atoms with E-state index in [-0.39, 0.29) is 18.9 Å². The predicted octanol–water partition coefficient (Wildman–Crippen LogP) is 1.29. The van der Waals surface area contributed by atoms with E-state index < -0.39 is 13.0 Å². The van der Waals surface area contributed by atoms with Gasteiger partial charge in [-0.1, -0.05) is 12.8 Å². The van der Waals surface area contributed by atoms with Gasteiger partial charge >= 0.3 is 0 Å². The third-order valence-electron chi connectivity index (χ3n) is 2.17. The average Bonchev–Trinajstić information content (AvgIpc) is 2.29. The van der Waals surface area contributed by atoms with Crippen LogP contribution in [0.2, 0.25) is 0 Å². The van der Waals surface area contributed by atoms with E-state index in [1.54, 1.807) is 0 Å². The fraction of sp³-hybridized carbons (Fsp3) is 0.909. The molecule has 3 N–H and O–H groups in total. The molecule has 0 aliphatic carbocycles. The molecular weight excluding hydrogens is 230 g/mol. The van der Waals surface area contributed by atoms with Gasteiger partial charge in [0.1, 0.15) is 6.61 Å². The quantitative estimate of drug-likeness (QED) is 0.545. The van der Waals surface area contributed by atoms with Crippen molar-refractivity contribution in [1.29, 1.82) is 0 Å². The third-order valence-corrected chi connectivity index (χ3v) is 2.17. The molecule has 0 rings (SSSR count). The first-order chi connectivity index (χ1) is 8.16. The van der Waals surface area contributed by atoms with Crippen LogP contribution >= 0.6 is 0 Å². The largest absolute Gasteiger partial charge is 0.375 e. The zero-order chi connectivity index (χ0) is 12.9. The summed E-state index contributed by atoms with van der Waals surface area (Å²) in [6.07, 6.45) is 1.71. The van der Waals surface area contributed by atoms with Crippen molar-refractivity contribution in [3.63, 3.8) is 0 Å². The maximum atomic E-state index is 11.7. The topological polar surface area (TPSA) is 64.3 Å². The van der Waals surface area contributed by atoms with Crippen LogP contribution in [0.1, 0.15) is 32.1 Å². The maximum absolute atomic E-state index is 11.7. The smallest absolute Gasteiger partial charge is 0.261 e. The number of ether oxygens (including phenoxy) is 1. The van der Waals surface area contributed by atoms with Crippen molar-refractivity contribution in [1.82, 2.24) is 5.32 Å². The lowest BCUT2D eigenvalue weighted by Gasteiger charge is -2.05. The Morgan fingerprint density at radius 2 is 1.94 bits per heavy atom. The van der Waals surface area contributed by atoms with E-state index in [1.165, 1.54) is 0 Å². The number of alkyl halides is 2. The second kappa shape index (κ2) is 11.7. The number of amides is 1. The highest BCUT2D eigenvalue weighted by atomic mass is 19.3. The van der Waals surface area contributed by atoms with Crippen molar-refractivity contribution in [3.05, 3.63) is 0 Å². The van der Waals surface area contributed by atoms with E-state index in [9.17, 15) is 13.6 Å². The standard InChI is InChI=1S/C11H22F2N2O2/c12-10(13)9-17-8-5-11(16)15-7-4-2-1-3-6-14/h10H,1-9,14H2,(H,15,16). The van der Waals surface area contributed by atoms with Crippen molar-refractivity contribution in [2.45, 2.75) is 38.5 Å². The summed E-state index contributed by atoms with van der Waals surface area (Å²) >= 11 is 0. The molecule has 0 unspecified atom stereocenters. The Morgan fingerprint density at radius 3 is 2.59 bits per heavy atom. The van der Waals surface area contributed by atoms with E-state index in [1.807, 2.05) is 0 Å². The van der Waals surface area contributed by atoms with Crippen molar-refractivity contribution in [2.75, 3.05) is 26.3 Å². The summed E-state index contributed by atoms with van der Waals surface area (Å²) in [4.78, 5) is 11.2. The van der Waals surface area contributed by atoms with Gasteiger partial charge in [0, 0.05) is 13.0 Å². The molecule has 0 aromatic carbocycles. The molecule has 0 fully saturated rings. The highest BCUT2D eigenvalue weighted by Crippen LogP contribution is 1.97. The maximum Gasteiger partial charge on any atom is 0.261 e. The molecule has 0 radical (unpaired) electrons. The zero-order valence-electron chi connectivity index (χ0n) is 10.1. The minimum absolute atomic E-state index is 0.0450. The van der Waals surface area contributed by atoms with Crippen LogP contribution in [0.15, 0.2) is 0 Å². The van der Waals surface area contributed by atoms with Crippen LogP contribution in [0.3, 0.4) is 0 Å². The monoisotopic (exact) mass is 252 g/mol. The molecule has 4 nitrogen and oxygen atoms in total. The summed E-state index contributed by atoms with van der Waals surface area (Å²) in [5.41, 5.74) is 5.34. The summed E-state index contributed by atoms with van der Waals surface area (Å²) in [7, 11) is 0. The number of carbonyl (C=O) groups excluding carboxylic acids is 1. The molecule has 0 heterocycles. The van der Waals surface area contributed by atoms with Crippen molar-refractivity contribution in [2.24, 2.45) is 5.73 Å². The minimum atomic E-state index is -2.47. The van der Waals surface area contributed by atoms with Crippen molar-refractivity contribution in [3.8, 4) is 0 Å². The molecule has 1 amide bonds. The lowest BCUT2D eigenvalue weighted by molar-refractivity contribution is -0.122. The average molecular weight is 252 g/mol. The molecule has 102 valence electrons.